The Balaban J connectivity index is 0.000000179. The molecule has 4 aromatic heterocycles. The molecule has 18 heteroatoms. The number of benzene rings is 2. The number of pyridine rings is 2. The number of methoxy groups -OCH3 is 1. The molecule has 2 aromatic carbocycles. The van der Waals surface area contributed by atoms with E-state index in [1.807, 2.05) is 27.3 Å². The predicted octanol–water partition coefficient (Wildman–Crippen LogP) is 4.96. The number of halogens is 2. The zero-order valence-electron chi connectivity index (χ0n) is 32.5. The number of carbonyl (C=O) groups is 2. The number of carbonyl (C=O) groups excluding carboxylic acids is 1. The Kier molecular flexibility index (Phi) is 11.7. The Bertz CT molecular complexity index is 2770. The number of aromatic nitrogens is 4. The van der Waals surface area contributed by atoms with Gasteiger partial charge in [0.2, 0.25) is 20.0 Å². The molecule has 0 aliphatic carbocycles. The first-order chi connectivity index (χ1) is 28.1. The maximum Gasteiger partial charge on any atom is 0.310 e. The molecule has 59 heavy (non-hydrogen) atoms. The first kappa shape index (κ1) is 41.6. The van der Waals surface area contributed by atoms with Gasteiger partial charge < -0.3 is 19.0 Å². The zero-order valence-corrected chi connectivity index (χ0v) is 34.1. The summed E-state index contributed by atoms with van der Waals surface area (Å²) in [4.78, 5) is 32.2. The number of carboxylic acids is 1. The van der Waals surface area contributed by atoms with Gasteiger partial charge in [0.05, 0.1) is 29.7 Å². The van der Waals surface area contributed by atoms with Crippen LogP contribution in [-0.4, -0.2) is 94.9 Å². The fourth-order valence-electron chi connectivity index (χ4n) is 8.06. The number of rotatable bonds is 10. The van der Waals surface area contributed by atoms with Crippen LogP contribution in [-0.2, 0) is 73.1 Å². The van der Waals surface area contributed by atoms with E-state index in [0.29, 0.717) is 44.4 Å². The van der Waals surface area contributed by atoms with E-state index in [1.165, 1.54) is 47.0 Å². The molecular weight excluding hydrogens is 807 g/mol. The van der Waals surface area contributed by atoms with Gasteiger partial charge in [-0.2, -0.15) is 8.61 Å². The maximum absolute atomic E-state index is 13.2. The standard InChI is InChI=1S/C21H22FN3O4S.C20H20FN3O4S/c1-24(30(27,28)16-8-5-14(22)6-9-16)15-7-10-19-18(12-20(26)29-2)17-4-3-11-23-21(17)25(19)13-15;1-23(29(27,28)15-7-4-13(21)5-8-15)14-6-9-18-17(11-19(25)26)16-3-2-10-22-20(16)24(18)12-14/h3-6,8-9,11,15H,7,10,12-13H2,1-2H3;2-5,7-8,10,14H,6,9,11-12H2,1H3,(H,25,26). The first-order valence-electron chi connectivity index (χ1n) is 18.8. The summed E-state index contributed by atoms with van der Waals surface area (Å²) in [6.07, 6.45) is 5.68. The summed E-state index contributed by atoms with van der Waals surface area (Å²) in [5, 5.41) is 11.0. The molecule has 0 spiro atoms. The lowest BCUT2D eigenvalue weighted by atomic mass is 10.0. The highest BCUT2D eigenvalue weighted by Gasteiger charge is 2.35. The first-order valence-corrected chi connectivity index (χ1v) is 21.7. The Morgan fingerprint density at radius 3 is 1.51 bits per heavy atom. The highest BCUT2D eigenvalue weighted by atomic mass is 32.2. The summed E-state index contributed by atoms with van der Waals surface area (Å²) in [5.41, 5.74) is 4.89. The summed E-state index contributed by atoms with van der Waals surface area (Å²) in [7, 11) is -3.13. The second-order valence-corrected chi connectivity index (χ2v) is 18.5. The third kappa shape index (κ3) is 8.09. The highest BCUT2D eigenvalue weighted by molar-refractivity contribution is 7.89. The number of carboxylic acid groups (broad SMARTS) is 1. The molecule has 0 saturated heterocycles. The number of hydrogen-bond acceptors (Lipinski definition) is 9. The smallest absolute Gasteiger partial charge is 0.310 e. The Hall–Kier alpha value is -5.56. The molecule has 0 fully saturated rings. The van der Waals surface area contributed by atoms with Gasteiger partial charge in [-0.15, -0.1) is 0 Å². The SMILES string of the molecule is CN(C1CCc2c(CC(=O)O)c3cccnc3n2C1)S(=O)(=O)c1ccc(F)cc1.COC(=O)Cc1c2n(c3ncccc13)CC(N(C)S(=O)(=O)c1ccc(F)cc1)CC2. The van der Waals surface area contributed by atoms with Gasteiger partial charge in [0, 0.05) is 73.8 Å². The van der Waals surface area contributed by atoms with Crippen molar-refractivity contribution in [3.8, 4) is 0 Å². The number of fused-ring (bicyclic) bond motifs is 6. The lowest BCUT2D eigenvalue weighted by molar-refractivity contribution is -0.140. The molecule has 0 saturated carbocycles. The van der Waals surface area contributed by atoms with Gasteiger partial charge in [0.25, 0.3) is 0 Å². The van der Waals surface area contributed by atoms with Crippen molar-refractivity contribution in [3.05, 3.63) is 119 Å². The number of esters is 1. The second-order valence-electron chi connectivity index (χ2n) is 14.5. The number of aliphatic carboxylic acids is 1. The lowest BCUT2D eigenvalue weighted by Crippen LogP contribution is -2.42. The van der Waals surface area contributed by atoms with E-state index in [1.54, 1.807) is 25.5 Å². The molecule has 310 valence electrons. The van der Waals surface area contributed by atoms with E-state index in [0.717, 1.165) is 63.2 Å². The van der Waals surface area contributed by atoms with Crippen LogP contribution in [0.3, 0.4) is 0 Å². The fraction of sp³-hybridized carbons (Fsp3) is 0.317. The minimum absolute atomic E-state index is 0.0363. The van der Waals surface area contributed by atoms with Gasteiger partial charge in [-0.05, 0) is 110 Å². The van der Waals surface area contributed by atoms with E-state index in [2.05, 4.69) is 9.97 Å². The van der Waals surface area contributed by atoms with Gasteiger partial charge >= 0.3 is 11.9 Å². The van der Waals surface area contributed by atoms with Gasteiger partial charge in [-0.1, -0.05) is 0 Å². The van der Waals surface area contributed by atoms with Gasteiger partial charge in [-0.3, -0.25) is 9.59 Å². The van der Waals surface area contributed by atoms with Gasteiger partial charge in [-0.25, -0.2) is 35.6 Å². The predicted molar refractivity (Wildman–Crippen MR) is 213 cm³/mol. The van der Waals surface area contributed by atoms with Crippen LogP contribution < -0.4 is 0 Å². The molecular formula is C41H42F2N6O8S2. The molecule has 2 atom stereocenters. The van der Waals surface area contributed by atoms with Crippen molar-refractivity contribution in [1.82, 2.24) is 27.7 Å². The van der Waals surface area contributed by atoms with E-state index >= 15 is 0 Å². The quantitative estimate of drug-likeness (QED) is 0.186. The molecule has 2 unspecified atom stereocenters. The molecule has 2 aliphatic heterocycles. The number of ether oxygens (including phenoxy) is 1. The van der Waals surface area contributed by atoms with E-state index in [4.69, 9.17) is 4.74 Å². The molecule has 0 bridgehead atoms. The Labute approximate surface area is 339 Å². The minimum atomic E-state index is -3.78. The number of sulfonamides is 2. The van der Waals surface area contributed by atoms with Crippen LogP contribution in [0, 0.1) is 11.6 Å². The van der Waals surface area contributed by atoms with E-state index in [-0.39, 0.29) is 40.7 Å². The minimum Gasteiger partial charge on any atom is -0.481 e. The number of hydrogen-bond donors (Lipinski definition) is 1. The highest BCUT2D eigenvalue weighted by Crippen LogP contribution is 2.34. The molecule has 6 heterocycles. The van der Waals surface area contributed by atoms with Crippen LogP contribution in [0.25, 0.3) is 22.1 Å². The van der Waals surface area contributed by atoms with Crippen molar-refractivity contribution < 1.29 is 45.0 Å². The third-order valence-corrected chi connectivity index (χ3v) is 15.0. The Morgan fingerprint density at radius 1 is 0.712 bits per heavy atom. The zero-order chi connectivity index (χ0) is 42.2. The van der Waals surface area contributed by atoms with Crippen LogP contribution in [0.5, 0.6) is 0 Å². The summed E-state index contributed by atoms with van der Waals surface area (Å²) in [6.45, 7) is 0.792. The fourth-order valence-corrected chi connectivity index (χ4v) is 10.8. The van der Waals surface area contributed by atoms with Crippen molar-refractivity contribution in [3.63, 3.8) is 0 Å². The molecule has 0 amide bonds. The molecule has 6 aromatic rings. The largest absolute Gasteiger partial charge is 0.481 e. The summed E-state index contributed by atoms with van der Waals surface area (Å²) < 4.78 is 89.8. The van der Waals surface area contributed by atoms with Crippen molar-refractivity contribution >= 4 is 54.1 Å². The van der Waals surface area contributed by atoms with Crippen LogP contribution in [0.4, 0.5) is 8.78 Å². The summed E-state index contributed by atoms with van der Waals surface area (Å²) in [6, 6.07) is 16.3. The van der Waals surface area contributed by atoms with Crippen LogP contribution in [0.15, 0.2) is 95.0 Å². The van der Waals surface area contributed by atoms with Crippen molar-refractivity contribution in [1.29, 1.82) is 0 Å². The van der Waals surface area contributed by atoms with Gasteiger partial charge in [0.1, 0.15) is 22.9 Å². The summed E-state index contributed by atoms with van der Waals surface area (Å²) in [5.74, 6) is -2.22. The van der Waals surface area contributed by atoms with Crippen molar-refractivity contribution in [2.24, 2.45) is 0 Å². The molecule has 1 N–H and O–H groups in total. The molecule has 14 nitrogen and oxygen atoms in total. The molecule has 8 rings (SSSR count). The van der Waals surface area contributed by atoms with Crippen LogP contribution >= 0.6 is 0 Å². The van der Waals surface area contributed by atoms with Crippen LogP contribution in [0.1, 0.15) is 35.4 Å². The Morgan fingerprint density at radius 2 is 1.12 bits per heavy atom. The normalized spacial score (nSPS) is 16.7. The average Bonchev–Trinajstić information content (AvgIpc) is 3.71. The monoisotopic (exact) mass is 848 g/mol. The second kappa shape index (κ2) is 16.6. The third-order valence-electron chi connectivity index (χ3n) is 11.2. The van der Waals surface area contributed by atoms with Crippen molar-refractivity contribution in [2.45, 2.75) is 73.5 Å². The number of likely N-dealkylation sites (N-methyl/N-ethyl adjacent to an activating group) is 2. The van der Waals surface area contributed by atoms with Crippen LogP contribution in [0.2, 0.25) is 0 Å². The van der Waals surface area contributed by atoms with Crippen molar-refractivity contribution in [2.75, 3.05) is 21.2 Å². The van der Waals surface area contributed by atoms with Gasteiger partial charge in [0.15, 0.2) is 0 Å². The average molecular weight is 849 g/mol. The van der Waals surface area contributed by atoms with E-state index in [9.17, 15) is 40.3 Å². The summed E-state index contributed by atoms with van der Waals surface area (Å²) >= 11 is 0. The topological polar surface area (TPSA) is 174 Å². The molecule has 2 aliphatic rings. The van der Waals surface area contributed by atoms with E-state index < -0.39 is 37.7 Å². The number of nitrogens with zero attached hydrogens (tertiary/aromatic N) is 6. The maximum atomic E-state index is 13.2. The lowest BCUT2D eigenvalue weighted by Gasteiger charge is -2.32. The molecule has 0 radical (unpaired) electrons.